The van der Waals surface area contributed by atoms with Gasteiger partial charge in [0.2, 0.25) is 5.91 Å². The highest BCUT2D eigenvalue weighted by molar-refractivity contribution is 7.92. The lowest BCUT2D eigenvalue weighted by Gasteiger charge is -2.27. The van der Waals surface area contributed by atoms with Crippen molar-refractivity contribution in [1.29, 1.82) is 0 Å². The van der Waals surface area contributed by atoms with Gasteiger partial charge in [0.25, 0.3) is 0 Å². The summed E-state index contributed by atoms with van der Waals surface area (Å²) in [5, 5.41) is -1.04. The van der Waals surface area contributed by atoms with Crippen LogP contribution >= 0.6 is 0 Å². The Morgan fingerprint density at radius 1 is 1.07 bits per heavy atom. The van der Waals surface area contributed by atoms with E-state index >= 15 is 0 Å². The molecule has 0 bridgehead atoms. The quantitative estimate of drug-likeness (QED) is 0.710. The van der Waals surface area contributed by atoms with E-state index in [0.717, 1.165) is 12.1 Å². The number of benzene rings is 1. The van der Waals surface area contributed by atoms with Gasteiger partial charge >= 0.3 is 6.09 Å². The molecule has 1 aromatic carbocycles. The minimum atomic E-state index is -3.89. The summed E-state index contributed by atoms with van der Waals surface area (Å²) >= 11 is 0. The number of carbonyl (C=O) groups is 2. The zero-order chi connectivity index (χ0) is 20.4. The topological polar surface area (TPSA) is 84.0 Å². The number of hydrogen-bond acceptors (Lipinski definition) is 5. The van der Waals surface area contributed by atoms with Crippen LogP contribution in [-0.4, -0.2) is 67.2 Å². The molecule has 150 valence electrons. The van der Waals surface area contributed by atoms with E-state index in [1.54, 1.807) is 20.8 Å². The van der Waals surface area contributed by atoms with Gasteiger partial charge in [0.1, 0.15) is 16.7 Å². The van der Waals surface area contributed by atoms with Gasteiger partial charge in [-0.1, -0.05) is 0 Å². The monoisotopic (exact) mass is 400 g/mol. The second kappa shape index (κ2) is 7.84. The SMILES string of the molecule is CC(=O)N1CCN(C(=O)OC(C)(C)C)CC(S(=O)(=O)c2ccc(F)cc2)C1. The van der Waals surface area contributed by atoms with Gasteiger partial charge in [0.05, 0.1) is 4.90 Å². The number of halogens is 1. The van der Waals surface area contributed by atoms with Crippen molar-refractivity contribution in [2.75, 3.05) is 26.2 Å². The van der Waals surface area contributed by atoms with E-state index in [0.29, 0.717) is 0 Å². The second-order valence-corrected chi connectivity index (χ2v) is 9.74. The molecule has 0 spiro atoms. The highest BCUT2D eigenvalue weighted by Gasteiger charge is 2.37. The van der Waals surface area contributed by atoms with Crippen LogP contribution in [0.25, 0.3) is 0 Å². The average molecular weight is 400 g/mol. The molecule has 0 radical (unpaired) electrons. The van der Waals surface area contributed by atoms with Gasteiger partial charge in [-0.15, -0.1) is 0 Å². The summed E-state index contributed by atoms with van der Waals surface area (Å²) in [6.45, 7) is 6.73. The van der Waals surface area contributed by atoms with Crippen molar-refractivity contribution in [3.8, 4) is 0 Å². The van der Waals surface area contributed by atoms with E-state index in [1.807, 2.05) is 0 Å². The van der Waals surface area contributed by atoms with E-state index < -0.39 is 32.6 Å². The van der Waals surface area contributed by atoms with Crippen LogP contribution in [0, 0.1) is 5.82 Å². The molecular formula is C18H25FN2O5S. The minimum Gasteiger partial charge on any atom is -0.444 e. The lowest BCUT2D eigenvalue weighted by atomic mass is 10.2. The van der Waals surface area contributed by atoms with E-state index in [4.69, 9.17) is 4.74 Å². The Kier molecular flexibility index (Phi) is 6.14. The summed E-state index contributed by atoms with van der Waals surface area (Å²) in [6.07, 6.45) is -0.632. The molecule has 7 nitrogen and oxygen atoms in total. The van der Waals surface area contributed by atoms with Crippen molar-refractivity contribution >= 4 is 21.8 Å². The van der Waals surface area contributed by atoms with E-state index in [2.05, 4.69) is 0 Å². The zero-order valence-electron chi connectivity index (χ0n) is 15.9. The predicted molar refractivity (Wildman–Crippen MR) is 97.4 cm³/mol. The van der Waals surface area contributed by atoms with Crippen molar-refractivity contribution in [2.45, 2.75) is 43.4 Å². The number of nitrogens with zero attached hydrogens (tertiary/aromatic N) is 2. The Balaban J connectivity index is 2.34. The molecule has 1 atom stereocenters. The molecule has 2 amide bonds. The average Bonchev–Trinajstić information content (AvgIpc) is 2.77. The molecule has 0 aromatic heterocycles. The van der Waals surface area contributed by atoms with Crippen LogP contribution in [0.3, 0.4) is 0 Å². The first-order valence-corrected chi connectivity index (χ1v) is 10.2. The highest BCUT2D eigenvalue weighted by Crippen LogP contribution is 2.22. The van der Waals surface area contributed by atoms with Crippen molar-refractivity contribution in [1.82, 2.24) is 9.80 Å². The molecule has 27 heavy (non-hydrogen) atoms. The molecule has 2 rings (SSSR count). The Morgan fingerprint density at radius 3 is 2.11 bits per heavy atom. The van der Waals surface area contributed by atoms with Crippen molar-refractivity contribution in [2.24, 2.45) is 0 Å². The smallest absolute Gasteiger partial charge is 0.410 e. The van der Waals surface area contributed by atoms with E-state index in [1.165, 1.54) is 28.9 Å². The van der Waals surface area contributed by atoms with Gasteiger partial charge in [0, 0.05) is 33.1 Å². The summed E-state index contributed by atoms with van der Waals surface area (Å²) in [5.74, 6) is -0.823. The van der Waals surface area contributed by atoms with Crippen LogP contribution < -0.4 is 0 Å². The highest BCUT2D eigenvalue weighted by atomic mass is 32.2. The third-order valence-corrected chi connectivity index (χ3v) is 6.27. The fourth-order valence-corrected chi connectivity index (χ4v) is 4.42. The van der Waals surface area contributed by atoms with Crippen LogP contribution in [0.4, 0.5) is 9.18 Å². The number of amides is 2. The second-order valence-electron chi connectivity index (χ2n) is 7.51. The molecule has 9 heteroatoms. The van der Waals surface area contributed by atoms with E-state index in [9.17, 15) is 22.4 Å². The zero-order valence-corrected chi connectivity index (χ0v) is 16.8. The number of hydrogen-bond donors (Lipinski definition) is 0. The maximum Gasteiger partial charge on any atom is 0.410 e. The first-order chi connectivity index (χ1) is 12.4. The number of rotatable bonds is 2. The normalized spacial score (nSPS) is 18.8. The molecule has 0 saturated carbocycles. The molecule has 1 unspecified atom stereocenters. The Bertz CT molecular complexity index is 802. The van der Waals surface area contributed by atoms with Crippen LogP contribution in [0.2, 0.25) is 0 Å². The third kappa shape index (κ3) is 5.41. The predicted octanol–water partition coefficient (Wildman–Crippen LogP) is 2.07. The Labute approximate surface area is 159 Å². The summed E-state index contributed by atoms with van der Waals surface area (Å²) in [7, 11) is -3.89. The molecule has 1 aliphatic rings. The van der Waals surface area contributed by atoms with Crippen molar-refractivity contribution in [3.05, 3.63) is 30.1 Å². The maximum absolute atomic E-state index is 13.2. The van der Waals surface area contributed by atoms with Gasteiger partial charge in [-0.25, -0.2) is 17.6 Å². The maximum atomic E-state index is 13.2. The van der Waals surface area contributed by atoms with Crippen LogP contribution in [0.1, 0.15) is 27.7 Å². The standard InChI is InChI=1S/C18H25FN2O5S/c1-13(22)20-9-10-21(17(23)26-18(2,3)4)12-16(11-20)27(24,25)15-7-5-14(19)6-8-15/h5-8,16H,9-12H2,1-4H3. The van der Waals surface area contributed by atoms with Gasteiger partial charge < -0.3 is 14.5 Å². The molecule has 1 aromatic rings. The number of sulfone groups is 1. The number of carbonyl (C=O) groups excluding carboxylic acids is 2. The molecule has 0 N–H and O–H groups in total. The summed E-state index contributed by atoms with van der Waals surface area (Å²) in [5.41, 5.74) is -0.727. The van der Waals surface area contributed by atoms with Gasteiger partial charge in [-0.3, -0.25) is 4.79 Å². The summed E-state index contributed by atoms with van der Waals surface area (Å²) < 4.78 is 44.6. The first kappa shape index (κ1) is 21.1. The molecule has 1 saturated heterocycles. The Hall–Kier alpha value is -2.16. The van der Waals surface area contributed by atoms with Gasteiger partial charge in [0.15, 0.2) is 9.84 Å². The first-order valence-electron chi connectivity index (χ1n) is 8.63. The van der Waals surface area contributed by atoms with Gasteiger partial charge in [-0.05, 0) is 45.0 Å². The summed E-state index contributed by atoms with van der Waals surface area (Å²) in [4.78, 5) is 27.0. The lowest BCUT2D eigenvalue weighted by Crippen LogP contribution is -2.43. The largest absolute Gasteiger partial charge is 0.444 e. The molecule has 1 heterocycles. The lowest BCUT2D eigenvalue weighted by molar-refractivity contribution is -0.128. The van der Waals surface area contributed by atoms with Gasteiger partial charge in [-0.2, -0.15) is 0 Å². The van der Waals surface area contributed by atoms with Crippen LogP contribution in [-0.2, 0) is 19.4 Å². The minimum absolute atomic E-state index is 0.0473. The van der Waals surface area contributed by atoms with Crippen LogP contribution in [0.15, 0.2) is 29.2 Å². The molecular weight excluding hydrogens is 375 g/mol. The Morgan fingerprint density at radius 2 is 1.59 bits per heavy atom. The number of ether oxygens (including phenoxy) is 1. The molecule has 0 aliphatic carbocycles. The van der Waals surface area contributed by atoms with Crippen LogP contribution in [0.5, 0.6) is 0 Å². The molecule has 1 fully saturated rings. The summed E-state index contributed by atoms with van der Waals surface area (Å²) in [6, 6.07) is 4.51. The van der Waals surface area contributed by atoms with Crippen molar-refractivity contribution in [3.63, 3.8) is 0 Å². The molecule has 1 aliphatic heterocycles. The van der Waals surface area contributed by atoms with E-state index in [-0.39, 0.29) is 37.0 Å². The fourth-order valence-electron chi connectivity index (χ4n) is 2.76. The third-order valence-electron chi connectivity index (χ3n) is 4.17. The van der Waals surface area contributed by atoms with Crippen molar-refractivity contribution < 1.29 is 27.1 Å². The fraction of sp³-hybridized carbons (Fsp3) is 0.556.